The Morgan fingerprint density at radius 2 is 2.00 bits per heavy atom. The zero-order valence-electron chi connectivity index (χ0n) is 10.3. The highest BCUT2D eigenvalue weighted by Gasteiger charge is 2.10. The fourth-order valence-corrected chi connectivity index (χ4v) is 1.94. The summed E-state index contributed by atoms with van der Waals surface area (Å²) in [6.45, 7) is 1.92. The van der Waals surface area contributed by atoms with E-state index in [-0.39, 0.29) is 5.91 Å². The molecule has 1 aromatic carbocycles. The molecule has 1 aromatic heterocycles. The molecule has 0 saturated heterocycles. The first kappa shape index (κ1) is 13.5. The van der Waals surface area contributed by atoms with Crippen LogP contribution in [0, 0.1) is 6.92 Å². The first-order valence-corrected chi connectivity index (χ1v) is 6.41. The van der Waals surface area contributed by atoms with E-state index in [1.165, 1.54) is 0 Å². The number of pyridine rings is 1. The number of carbonyl (C=O) groups is 1. The van der Waals surface area contributed by atoms with Gasteiger partial charge in [0, 0.05) is 10.2 Å². The summed E-state index contributed by atoms with van der Waals surface area (Å²) in [6.07, 6.45) is 0. The van der Waals surface area contributed by atoms with Crippen LogP contribution in [0.3, 0.4) is 0 Å². The van der Waals surface area contributed by atoms with E-state index in [0.717, 1.165) is 15.7 Å². The Balaban J connectivity index is 2.23. The average Bonchev–Trinajstić information content (AvgIpc) is 2.44. The predicted octanol–water partition coefficient (Wildman–Crippen LogP) is 2.69. The zero-order chi connectivity index (χ0) is 13.8. The van der Waals surface area contributed by atoms with Crippen LogP contribution in [-0.2, 0) is 0 Å². The van der Waals surface area contributed by atoms with Crippen molar-refractivity contribution in [2.75, 3.05) is 10.7 Å². The second-order valence-corrected chi connectivity index (χ2v) is 4.77. The van der Waals surface area contributed by atoms with Crippen molar-refractivity contribution in [2.24, 2.45) is 5.84 Å². The predicted molar refractivity (Wildman–Crippen MR) is 78.9 cm³/mol. The summed E-state index contributed by atoms with van der Waals surface area (Å²) < 4.78 is 0.940. The van der Waals surface area contributed by atoms with Crippen LogP contribution in [0.4, 0.5) is 11.5 Å². The Morgan fingerprint density at radius 1 is 1.26 bits per heavy atom. The van der Waals surface area contributed by atoms with Crippen LogP contribution in [-0.4, -0.2) is 10.9 Å². The molecular formula is C13H13BrN4O. The maximum atomic E-state index is 12.1. The number of nitrogen functional groups attached to an aromatic ring is 1. The van der Waals surface area contributed by atoms with Crippen LogP contribution < -0.4 is 16.6 Å². The van der Waals surface area contributed by atoms with Gasteiger partial charge in [-0.15, -0.1) is 0 Å². The Hall–Kier alpha value is -1.92. The number of aromatic nitrogens is 1. The number of anilines is 2. The van der Waals surface area contributed by atoms with Gasteiger partial charge in [-0.05, 0) is 36.8 Å². The molecule has 5 nitrogen and oxygen atoms in total. The summed E-state index contributed by atoms with van der Waals surface area (Å²) in [6, 6.07) is 10.6. The van der Waals surface area contributed by atoms with Crippen LogP contribution in [0.5, 0.6) is 0 Å². The third-order valence-electron chi connectivity index (χ3n) is 2.65. The topological polar surface area (TPSA) is 80.0 Å². The Labute approximate surface area is 119 Å². The molecule has 0 aliphatic carbocycles. The fourth-order valence-electron chi connectivity index (χ4n) is 1.57. The van der Waals surface area contributed by atoms with E-state index in [4.69, 9.17) is 5.84 Å². The van der Waals surface area contributed by atoms with Crippen LogP contribution in [0.1, 0.15) is 16.1 Å². The number of nitrogens with zero attached hydrogens (tertiary/aromatic N) is 1. The van der Waals surface area contributed by atoms with Gasteiger partial charge in [-0.25, -0.2) is 10.8 Å². The molecule has 2 rings (SSSR count). The number of benzene rings is 1. The molecule has 0 aliphatic rings. The summed E-state index contributed by atoms with van der Waals surface area (Å²) in [5.41, 5.74) is 4.41. The van der Waals surface area contributed by atoms with E-state index in [2.05, 4.69) is 31.7 Å². The van der Waals surface area contributed by atoms with Gasteiger partial charge in [-0.3, -0.25) is 4.79 Å². The SMILES string of the molecule is Cc1c(Br)cccc1NC(=O)c1cccc(NN)n1. The van der Waals surface area contributed by atoms with E-state index in [9.17, 15) is 4.79 Å². The van der Waals surface area contributed by atoms with Gasteiger partial charge >= 0.3 is 0 Å². The molecule has 6 heteroatoms. The monoisotopic (exact) mass is 320 g/mol. The van der Waals surface area contributed by atoms with Crippen LogP contribution in [0.2, 0.25) is 0 Å². The molecule has 0 radical (unpaired) electrons. The highest BCUT2D eigenvalue weighted by atomic mass is 79.9. The van der Waals surface area contributed by atoms with Crippen molar-refractivity contribution in [3.8, 4) is 0 Å². The number of halogens is 1. The highest BCUT2D eigenvalue weighted by Crippen LogP contribution is 2.23. The second kappa shape index (κ2) is 5.81. The smallest absolute Gasteiger partial charge is 0.274 e. The van der Waals surface area contributed by atoms with E-state index in [1.54, 1.807) is 18.2 Å². The lowest BCUT2D eigenvalue weighted by atomic mass is 10.2. The molecule has 0 unspecified atom stereocenters. The van der Waals surface area contributed by atoms with Crippen molar-refractivity contribution >= 4 is 33.3 Å². The van der Waals surface area contributed by atoms with Crippen molar-refractivity contribution in [2.45, 2.75) is 6.92 Å². The van der Waals surface area contributed by atoms with E-state index >= 15 is 0 Å². The number of nitrogens with one attached hydrogen (secondary N) is 2. The fraction of sp³-hybridized carbons (Fsp3) is 0.0769. The van der Waals surface area contributed by atoms with Gasteiger partial charge < -0.3 is 10.7 Å². The molecular weight excluding hydrogens is 308 g/mol. The molecule has 2 aromatic rings. The third kappa shape index (κ3) is 3.10. The summed E-state index contributed by atoms with van der Waals surface area (Å²) in [7, 11) is 0. The summed E-state index contributed by atoms with van der Waals surface area (Å²) in [4.78, 5) is 16.2. The van der Waals surface area contributed by atoms with Crippen LogP contribution >= 0.6 is 15.9 Å². The molecule has 0 spiro atoms. The third-order valence-corrected chi connectivity index (χ3v) is 3.50. The zero-order valence-corrected chi connectivity index (χ0v) is 11.9. The Bertz CT molecular complexity index is 615. The first-order valence-electron chi connectivity index (χ1n) is 5.62. The molecule has 0 atom stereocenters. The van der Waals surface area contributed by atoms with Gasteiger partial charge in [0.15, 0.2) is 0 Å². The van der Waals surface area contributed by atoms with Gasteiger partial charge in [-0.1, -0.05) is 28.1 Å². The molecule has 0 aliphatic heterocycles. The van der Waals surface area contributed by atoms with Crippen LogP contribution in [0.15, 0.2) is 40.9 Å². The van der Waals surface area contributed by atoms with Crippen molar-refractivity contribution in [3.05, 3.63) is 52.1 Å². The lowest BCUT2D eigenvalue weighted by molar-refractivity contribution is 0.102. The molecule has 0 saturated carbocycles. The number of rotatable bonds is 3. The van der Waals surface area contributed by atoms with Crippen molar-refractivity contribution in [1.29, 1.82) is 0 Å². The van der Waals surface area contributed by atoms with Crippen LogP contribution in [0.25, 0.3) is 0 Å². The van der Waals surface area contributed by atoms with Gasteiger partial charge in [-0.2, -0.15) is 0 Å². The van der Waals surface area contributed by atoms with Gasteiger partial charge in [0.2, 0.25) is 0 Å². The average molecular weight is 321 g/mol. The minimum atomic E-state index is -0.279. The molecule has 1 heterocycles. The Morgan fingerprint density at radius 3 is 2.74 bits per heavy atom. The number of hydrazine groups is 1. The molecule has 98 valence electrons. The van der Waals surface area contributed by atoms with E-state index in [1.807, 2.05) is 25.1 Å². The number of nitrogens with two attached hydrogens (primary N) is 1. The van der Waals surface area contributed by atoms with Crippen molar-refractivity contribution < 1.29 is 4.79 Å². The first-order chi connectivity index (χ1) is 9.11. The molecule has 1 amide bonds. The maximum absolute atomic E-state index is 12.1. The number of hydrogen-bond acceptors (Lipinski definition) is 4. The Kier molecular flexibility index (Phi) is 4.13. The summed E-state index contributed by atoms with van der Waals surface area (Å²) in [5, 5.41) is 2.82. The number of hydrogen-bond donors (Lipinski definition) is 3. The van der Waals surface area contributed by atoms with Crippen molar-refractivity contribution in [1.82, 2.24) is 4.98 Å². The lowest BCUT2D eigenvalue weighted by Crippen LogP contribution is -2.16. The van der Waals surface area contributed by atoms with Gasteiger partial charge in [0.25, 0.3) is 5.91 Å². The van der Waals surface area contributed by atoms with E-state index < -0.39 is 0 Å². The largest absolute Gasteiger partial charge is 0.320 e. The number of amides is 1. The minimum absolute atomic E-state index is 0.279. The molecule has 0 fully saturated rings. The van der Waals surface area contributed by atoms with E-state index in [0.29, 0.717) is 11.5 Å². The number of carbonyl (C=O) groups excluding carboxylic acids is 1. The minimum Gasteiger partial charge on any atom is -0.320 e. The standard InChI is InChI=1S/C13H13BrN4O/c1-8-9(14)4-2-5-10(8)17-13(19)11-6-3-7-12(16-11)18-15/h2-7H,15H2,1H3,(H,16,18)(H,17,19). The summed E-state index contributed by atoms with van der Waals surface area (Å²) in [5.74, 6) is 5.43. The normalized spacial score (nSPS) is 10.1. The molecule has 19 heavy (non-hydrogen) atoms. The molecule has 4 N–H and O–H groups in total. The summed E-state index contributed by atoms with van der Waals surface area (Å²) >= 11 is 3.42. The van der Waals surface area contributed by atoms with Crippen molar-refractivity contribution in [3.63, 3.8) is 0 Å². The van der Waals surface area contributed by atoms with Gasteiger partial charge in [0.05, 0.1) is 0 Å². The lowest BCUT2D eigenvalue weighted by Gasteiger charge is -2.09. The van der Waals surface area contributed by atoms with Gasteiger partial charge in [0.1, 0.15) is 11.5 Å². The highest BCUT2D eigenvalue weighted by molar-refractivity contribution is 9.10. The molecule has 0 bridgehead atoms. The quantitative estimate of drug-likeness (QED) is 0.600. The maximum Gasteiger partial charge on any atom is 0.274 e. The second-order valence-electron chi connectivity index (χ2n) is 3.92.